The monoisotopic (exact) mass is 335 g/mol. The number of aromatic nitrogens is 2. The van der Waals surface area contributed by atoms with Gasteiger partial charge in [0.2, 0.25) is 6.61 Å². The topological polar surface area (TPSA) is 65.2 Å². The van der Waals surface area contributed by atoms with Crippen LogP contribution in [0.1, 0.15) is 13.3 Å². The Morgan fingerprint density at radius 3 is 2.96 bits per heavy atom. The molecular formula is C19H17N3O3. The molecule has 4 aromatic rings. The Balaban J connectivity index is 1.85. The first-order valence-electron chi connectivity index (χ1n) is 8.21. The van der Waals surface area contributed by atoms with Crippen LogP contribution in [-0.4, -0.2) is 28.6 Å². The number of ether oxygens (including phenoxy) is 1. The summed E-state index contributed by atoms with van der Waals surface area (Å²) in [5, 5.41) is 6.91. The number of benzene rings is 1. The minimum absolute atomic E-state index is 0.220. The Hall–Kier alpha value is -3.15. The van der Waals surface area contributed by atoms with Crippen LogP contribution < -0.4 is 5.36 Å². The standard InChI is InChI=1S/C19H17N3O3/c1-2-11-24-16(23)12-25-21-18-15-7-4-10-22(15)14-6-3-5-13-8-9-20-19(18)17(13)14/h3-10H,2,11-12H2,1H3. The fraction of sp³-hybridized carbons (Fsp3) is 0.211. The average Bonchev–Trinajstić information content (AvgIpc) is 3.12. The molecule has 0 bridgehead atoms. The van der Waals surface area contributed by atoms with Crippen molar-refractivity contribution in [2.75, 3.05) is 13.2 Å². The molecule has 0 N–H and O–H groups in total. The first kappa shape index (κ1) is 15.4. The molecule has 0 atom stereocenters. The lowest BCUT2D eigenvalue weighted by molar-refractivity contribution is -0.149. The smallest absolute Gasteiger partial charge is 0.347 e. The molecule has 126 valence electrons. The summed E-state index contributed by atoms with van der Waals surface area (Å²) in [5.74, 6) is -0.427. The number of rotatable bonds is 5. The quantitative estimate of drug-likeness (QED) is 0.415. The van der Waals surface area contributed by atoms with E-state index in [0.29, 0.717) is 12.0 Å². The molecule has 0 aliphatic heterocycles. The zero-order valence-corrected chi connectivity index (χ0v) is 13.8. The number of hydrogen-bond donors (Lipinski definition) is 0. The van der Waals surface area contributed by atoms with Crippen molar-refractivity contribution in [1.82, 2.24) is 9.38 Å². The van der Waals surface area contributed by atoms with Gasteiger partial charge < -0.3 is 14.0 Å². The zero-order chi connectivity index (χ0) is 17.2. The lowest BCUT2D eigenvalue weighted by Gasteiger charge is -2.08. The van der Waals surface area contributed by atoms with Crippen LogP contribution in [0, 0.1) is 0 Å². The van der Waals surface area contributed by atoms with E-state index >= 15 is 0 Å². The molecule has 6 nitrogen and oxygen atoms in total. The largest absolute Gasteiger partial charge is 0.463 e. The van der Waals surface area contributed by atoms with E-state index in [4.69, 9.17) is 9.57 Å². The molecule has 0 unspecified atom stereocenters. The highest BCUT2D eigenvalue weighted by atomic mass is 16.6. The number of nitrogens with zero attached hydrogens (tertiary/aromatic N) is 3. The van der Waals surface area contributed by atoms with Crippen molar-refractivity contribution in [2.24, 2.45) is 5.16 Å². The predicted octanol–water partition coefficient (Wildman–Crippen LogP) is 2.86. The van der Waals surface area contributed by atoms with E-state index in [-0.39, 0.29) is 6.61 Å². The molecule has 0 aliphatic rings. The highest BCUT2D eigenvalue weighted by Crippen LogP contribution is 2.24. The van der Waals surface area contributed by atoms with Crippen LogP contribution in [0.15, 0.2) is 53.9 Å². The lowest BCUT2D eigenvalue weighted by atomic mass is 10.1. The minimum Gasteiger partial charge on any atom is -0.463 e. The van der Waals surface area contributed by atoms with Gasteiger partial charge in [-0.2, -0.15) is 0 Å². The molecule has 0 aliphatic carbocycles. The molecule has 0 saturated carbocycles. The molecule has 0 saturated heterocycles. The normalized spacial score (nSPS) is 12.3. The SMILES string of the molecule is CCCOC(=O)CON=c1c2nccc3cccc(c32)n2cccc12. The number of hydrogen-bond acceptors (Lipinski definition) is 5. The van der Waals surface area contributed by atoms with Crippen molar-refractivity contribution < 1.29 is 14.4 Å². The van der Waals surface area contributed by atoms with Gasteiger partial charge in [0.25, 0.3) is 0 Å². The van der Waals surface area contributed by atoms with Crippen LogP contribution in [0.2, 0.25) is 0 Å². The molecule has 6 heteroatoms. The second-order valence-electron chi connectivity index (χ2n) is 5.73. The predicted molar refractivity (Wildman–Crippen MR) is 94.2 cm³/mol. The molecule has 3 heterocycles. The highest BCUT2D eigenvalue weighted by molar-refractivity contribution is 6.08. The van der Waals surface area contributed by atoms with E-state index in [2.05, 4.69) is 20.6 Å². The summed E-state index contributed by atoms with van der Waals surface area (Å²) in [4.78, 5) is 21.4. The highest BCUT2D eigenvalue weighted by Gasteiger charge is 2.11. The van der Waals surface area contributed by atoms with Crippen molar-refractivity contribution in [3.63, 3.8) is 0 Å². The summed E-state index contributed by atoms with van der Waals surface area (Å²) < 4.78 is 7.05. The van der Waals surface area contributed by atoms with E-state index in [1.807, 2.05) is 43.5 Å². The second kappa shape index (κ2) is 6.39. The lowest BCUT2D eigenvalue weighted by Crippen LogP contribution is -2.15. The molecule has 0 spiro atoms. The van der Waals surface area contributed by atoms with E-state index in [0.717, 1.165) is 33.7 Å². The first-order valence-corrected chi connectivity index (χ1v) is 8.21. The van der Waals surface area contributed by atoms with E-state index in [1.165, 1.54) is 0 Å². The molecule has 1 aromatic carbocycles. The number of carbonyl (C=O) groups excluding carboxylic acids is 1. The second-order valence-corrected chi connectivity index (χ2v) is 5.73. The number of pyridine rings is 2. The number of esters is 1. The third kappa shape index (κ3) is 2.65. The van der Waals surface area contributed by atoms with Crippen LogP contribution in [0.5, 0.6) is 0 Å². The average molecular weight is 335 g/mol. The van der Waals surface area contributed by atoms with E-state index < -0.39 is 5.97 Å². The first-order chi connectivity index (χ1) is 12.3. The van der Waals surface area contributed by atoms with E-state index in [1.54, 1.807) is 6.20 Å². The van der Waals surface area contributed by atoms with Gasteiger partial charge in [0.05, 0.1) is 17.6 Å². The number of fused-ring (bicyclic) bond motifs is 2. The van der Waals surface area contributed by atoms with Crippen molar-refractivity contribution >= 4 is 33.3 Å². The molecule has 0 fully saturated rings. The van der Waals surface area contributed by atoms with Crippen molar-refractivity contribution in [2.45, 2.75) is 13.3 Å². The van der Waals surface area contributed by atoms with Gasteiger partial charge >= 0.3 is 5.97 Å². The van der Waals surface area contributed by atoms with E-state index in [9.17, 15) is 4.79 Å². The van der Waals surface area contributed by atoms with Gasteiger partial charge in [0.1, 0.15) is 5.52 Å². The molecule has 3 aromatic heterocycles. The van der Waals surface area contributed by atoms with Crippen molar-refractivity contribution in [3.8, 4) is 0 Å². The Labute approximate surface area is 143 Å². The maximum absolute atomic E-state index is 11.6. The molecule has 25 heavy (non-hydrogen) atoms. The summed E-state index contributed by atoms with van der Waals surface area (Å²) >= 11 is 0. The zero-order valence-electron chi connectivity index (χ0n) is 13.8. The summed E-state index contributed by atoms with van der Waals surface area (Å²) in [5.41, 5.74) is 2.68. The van der Waals surface area contributed by atoms with Crippen molar-refractivity contribution in [1.29, 1.82) is 0 Å². The third-order valence-corrected chi connectivity index (χ3v) is 4.05. The van der Waals surface area contributed by atoms with Crippen LogP contribution >= 0.6 is 0 Å². The Bertz CT molecular complexity index is 1110. The Kier molecular flexibility index (Phi) is 3.93. The van der Waals surface area contributed by atoms with Gasteiger partial charge in [-0.1, -0.05) is 24.2 Å². The maximum atomic E-state index is 11.6. The fourth-order valence-corrected chi connectivity index (χ4v) is 2.99. The van der Waals surface area contributed by atoms with Crippen LogP contribution in [-0.2, 0) is 14.4 Å². The van der Waals surface area contributed by atoms with Gasteiger partial charge in [-0.05, 0) is 36.1 Å². The summed E-state index contributed by atoms with van der Waals surface area (Å²) in [6, 6.07) is 12.0. The van der Waals surface area contributed by atoms with Gasteiger partial charge in [0.15, 0.2) is 5.36 Å². The van der Waals surface area contributed by atoms with Gasteiger partial charge in [-0.25, -0.2) is 4.79 Å². The van der Waals surface area contributed by atoms with Gasteiger partial charge in [-0.15, -0.1) is 0 Å². The van der Waals surface area contributed by atoms with Crippen LogP contribution in [0.4, 0.5) is 0 Å². The van der Waals surface area contributed by atoms with Crippen LogP contribution in [0.25, 0.3) is 27.3 Å². The van der Waals surface area contributed by atoms with Gasteiger partial charge in [0, 0.05) is 17.8 Å². The number of carbonyl (C=O) groups is 1. The third-order valence-electron chi connectivity index (χ3n) is 4.05. The van der Waals surface area contributed by atoms with Gasteiger partial charge in [-0.3, -0.25) is 4.98 Å². The molecule has 0 radical (unpaired) electrons. The molecule has 4 rings (SSSR count). The summed E-state index contributed by atoms with van der Waals surface area (Å²) in [6.45, 7) is 2.10. The minimum atomic E-state index is -0.427. The Morgan fingerprint density at radius 1 is 1.20 bits per heavy atom. The summed E-state index contributed by atoms with van der Waals surface area (Å²) in [6.07, 6.45) is 4.51. The maximum Gasteiger partial charge on any atom is 0.347 e. The molecular weight excluding hydrogens is 318 g/mol. The Morgan fingerprint density at radius 2 is 2.08 bits per heavy atom. The molecule has 0 amide bonds. The van der Waals surface area contributed by atoms with Crippen molar-refractivity contribution in [3.05, 3.63) is 54.1 Å². The fourth-order valence-electron chi connectivity index (χ4n) is 2.99. The summed E-state index contributed by atoms with van der Waals surface area (Å²) in [7, 11) is 0. The van der Waals surface area contributed by atoms with Crippen LogP contribution in [0.3, 0.4) is 0 Å².